The molecule has 0 spiro atoms. The Hall–Kier alpha value is -0.910. The number of amides is 1. The molecule has 0 saturated heterocycles. The summed E-state index contributed by atoms with van der Waals surface area (Å²) >= 11 is 0. The molecule has 0 radical (unpaired) electrons. The molecule has 4 N–H and O–H groups in total. The van der Waals surface area contributed by atoms with Gasteiger partial charge in [0.25, 0.3) is 0 Å². The quantitative estimate of drug-likeness (QED) is 0.0366. The van der Waals surface area contributed by atoms with Crippen LogP contribution in [0.1, 0.15) is 277 Å². The normalized spacial score (nSPS) is 13.5. The van der Waals surface area contributed by atoms with Crippen LogP contribution in [-0.4, -0.2) is 46.1 Å². The summed E-state index contributed by atoms with van der Waals surface area (Å²) in [4.78, 5) is 12.5. The second-order valence-electron chi connectivity index (χ2n) is 17.4. The monoisotopic (exact) mass is 778 g/mol. The van der Waals surface area contributed by atoms with Gasteiger partial charge >= 0.3 is 0 Å². The Morgan fingerprint density at radius 2 is 0.727 bits per heavy atom. The van der Waals surface area contributed by atoms with E-state index in [2.05, 4.69) is 31.3 Å². The first kappa shape index (κ1) is 54.1. The van der Waals surface area contributed by atoms with Crippen LogP contribution in [0.2, 0.25) is 0 Å². The standard InChI is InChI=1S/C50H99NO4/c1-3-5-7-9-11-13-15-17-19-21-23-25-27-29-31-33-35-37-39-41-43-45-49(54)51-47(46-52)50(55)48(53)44-42-40-38-36-34-32-30-28-26-24-22-20-18-16-14-12-10-8-6-4-2/h36,38,47-48,50,52-53,55H,3-35,37,39-46H2,1-2H3,(H,51,54)/b38-36+. The van der Waals surface area contributed by atoms with Crippen molar-refractivity contribution in [3.05, 3.63) is 12.2 Å². The summed E-state index contributed by atoms with van der Waals surface area (Å²) in [5.74, 6) is -0.148. The summed E-state index contributed by atoms with van der Waals surface area (Å²) in [7, 11) is 0. The molecule has 55 heavy (non-hydrogen) atoms. The highest BCUT2D eigenvalue weighted by atomic mass is 16.3. The van der Waals surface area contributed by atoms with Gasteiger partial charge < -0.3 is 20.6 Å². The zero-order valence-electron chi connectivity index (χ0n) is 37.3. The third-order valence-electron chi connectivity index (χ3n) is 11.9. The maximum Gasteiger partial charge on any atom is 0.220 e. The fraction of sp³-hybridized carbons (Fsp3) is 0.940. The van der Waals surface area contributed by atoms with E-state index < -0.39 is 18.2 Å². The molecule has 5 nitrogen and oxygen atoms in total. The topological polar surface area (TPSA) is 89.8 Å². The second-order valence-corrected chi connectivity index (χ2v) is 17.4. The Labute approximate surface area is 344 Å². The van der Waals surface area contributed by atoms with Gasteiger partial charge in [0.2, 0.25) is 5.91 Å². The minimum atomic E-state index is -1.15. The van der Waals surface area contributed by atoms with Crippen LogP contribution in [-0.2, 0) is 4.79 Å². The van der Waals surface area contributed by atoms with Gasteiger partial charge in [-0.2, -0.15) is 0 Å². The first-order chi connectivity index (χ1) is 27.1. The van der Waals surface area contributed by atoms with E-state index in [1.807, 2.05) is 0 Å². The number of allylic oxidation sites excluding steroid dienone is 2. The Morgan fingerprint density at radius 3 is 1.05 bits per heavy atom. The van der Waals surface area contributed by atoms with Gasteiger partial charge in [0.05, 0.1) is 18.8 Å². The highest BCUT2D eigenvalue weighted by molar-refractivity contribution is 5.76. The predicted molar refractivity (Wildman–Crippen MR) is 241 cm³/mol. The number of hydrogen-bond donors (Lipinski definition) is 4. The highest BCUT2D eigenvalue weighted by Crippen LogP contribution is 2.17. The van der Waals surface area contributed by atoms with Crippen LogP contribution in [0.3, 0.4) is 0 Å². The smallest absolute Gasteiger partial charge is 0.220 e. The molecule has 3 unspecified atom stereocenters. The van der Waals surface area contributed by atoms with Crippen LogP contribution in [0.15, 0.2) is 12.2 Å². The van der Waals surface area contributed by atoms with Crippen LogP contribution >= 0.6 is 0 Å². The van der Waals surface area contributed by atoms with Crippen molar-refractivity contribution in [3.63, 3.8) is 0 Å². The SMILES string of the molecule is CCCCCCCCCCCCCCCCC/C=C/CCCC(O)C(O)C(CO)NC(=O)CCCCCCCCCCCCCCCCCCCCCCC. The van der Waals surface area contributed by atoms with E-state index in [9.17, 15) is 20.1 Å². The summed E-state index contributed by atoms with van der Waals surface area (Å²) < 4.78 is 0. The zero-order valence-corrected chi connectivity index (χ0v) is 37.3. The number of aliphatic hydroxyl groups is 3. The minimum absolute atomic E-state index is 0.148. The third-order valence-corrected chi connectivity index (χ3v) is 11.9. The first-order valence-corrected chi connectivity index (χ1v) is 25.0. The molecule has 0 aromatic rings. The van der Waals surface area contributed by atoms with Crippen molar-refractivity contribution in [2.24, 2.45) is 0 Å². The molecule has 0 aromatic carbocycles. The summed E-state index contributed by atoms with van der Waals surface area (Å²) in [6.45, 7) is 4.20. The van der Waals surface area contributed by atoms with Gasteiger partial charge in [-0.05, 0) is 38.5 Å². The van der Waals surface area contributed by atoms with Crippen molar-refractivity contribution in [2.75, 3.05) is 6.61 Å². The predicted octanol–water partition coefficient (Wildman–Crippen LogP) is 14.8. The van der Waals surface area contributed by atoms with Crippen LogP contribution in [0.25, 0.3) is 0 Å². The molecule has 0 bridgehead atoms. The maximum atomic E-state index is 12.5. The first-order valence-electron chi connectivity index (χ1n) is 25.0. The van der Waals surface area contributed by atoms with Gasteiger partial charge in [-0.15, -0.1) is 0 Å². The highest BCUT2D eigenvalue weighted by Gasteiger charge is 2.26. The van der Waals surface area contributed by atoms with Gasteiger partial charge in [-0.3, -0.25) is 4.79 Å². The number of hydrogen-bond acceptors (Lipinski definition) is 4. The Morgan fingerprint density at radius 1 is 0.436 bits per heavy atom. The number of rotatable bonds is 46. The summed E-state index contributed by atoms with van der Waals surface area (Å²) in [6.07, 6.45) is 54.8. The van der Waals surface area contributed by atoms with Crippen molar-refractivity contribution in [1.82, 2.24) is 5.32 Å². The van der Waals surface area contributed by atoms with Crippen molar-refractivity contribution in [3.8, 4) is 0 Å². The van der Waals surface area contributed by atoms with Gasteiger partial charge in [-0.25, -0.2) is 0 Å². The van der Waals surface area contributed by atoms with E-state index >= 15 is 0 Å². The molecular weight excluding hydrogens is 679 g/mol. The van der Waals surface area contributed by atoms with Crippen LogP contribution in [0, 0.1) is 0 Å². The number of carbonyl (C=O) groups is 1. The Balaban J connectivity index is 3.58. The van der Waals surface area contributed by atoms with E-state index in [4.69, 9.17) is 0 Å². The summed E-state index contributed by atoms with van der Waals surface area (Å²) in [5.41, 5.74) is 0. The lowest BCUT2D eigenvalue weighted by Crippen LogP contribution is -2.50. The van der Waals surface area contributed by atoms with Crippen LogP contribution < -0.4 is 5.32 Å². The molecular formula is C50H99NO4. The molecule has 0 aliphatic carbocycles. The third kappa shape index (κ3) is 41.1. The van der Waals surface area contributed by atoms with Crippen LogP contribution in [0.5, 0.6) is 0 Å². The largest absolute Gasteiger partial charge is 0.394 e. The van der Waals surface area contributed by atoms with Crippen molar-refractivity contribution < 1.29 is 20.1 Å². The molecule has 0 saturated carbocycles. The fourth-order valence-corrected chi connectivity index (χ4v) is 7.99. The lowest BCUT2D eigenvalue weighted by Gasteiger charge is -2.26. The number of carbonyl (C=O) groups excluding carboxylic acids is 1. The second kappa shape index (κ2) is 45.8. The van der Waals surface area contributed by atoms with Gasteiger partial charge in [0.15, 0.2) is 0 Å². The zero-order chi connectivity index (χ0) is 40.1. The van der Waals surface area contributed by atoms with E-state index in [1.165, 1.54) is 212 Å². The van der Waals surface area contributed by atoms with E-state index in [0.29, 0.717) is 12.8 Å². The Bertz CT molecular complexity index is 773. The molecule has 0 aliphatic heterocycles. The van der Waals surface area contributed by atoms with Gasteiger partial charge in [0.1, 0.15) is 6.10 Å². The lowest BCUT2D eigenvalue weighted by molar-refractivity contribution is -0.124. The molecule has 0 rings (SSSR count). The summed E-state index contributed by atoms with van der Waals surface area (Å²) in [5, 5.41) is 33.6. The number of aliphatic hydroxyl groups excluding tert-OH is 3. The average molecular weight is 778 g/mol. The fourth-order valence-electron chi connectivity index (χ4n) is 7.99. The Kier molecular flexibility index (Phi) is 45.0. The molecule has 0 aromatic heterocycles. The molecule has 328 valence electrons. The molecule has 1 amide bonds. The van der Waals surface area contributed by atoms with Crippen molar-refractivity contribution in [1.29, 1.82) is 0 Å². The molecule has 0 fully saturated rings. The van der Waals surface area contributed by atoms with Crippen LogP contribution in [0.4, 0.5) is 0 Å². The number of nitrogens with one attached hydrogen (secondary N) is 1. The average Bonchev–Trinajstić information content (AvgIpc) is 3.19. The molecule has 0 heterocycles. The molecule has 3 atom stereocenters. The van der Waals surface area contributed by atoms with Crippen molar-refractivity contribution in [2.45, 2.75) is 295 Å². The van der Waals surface area contributed by atoms with Gasteiger partial charge in [-0.1, -0.05) is 244 Å². The molecule has 5 heteroatoms. The minimum Gasteiger partial charge on any atom is -0.394 e. The molecule has 0 aliphatic rings. The maximum absolute atomic E-state index is 12.5. The van der Waals surface area contributed by atoms with E-state index in [1.54, 1.807) is 0 Å². The van der Waals surface area contributed by atoms with E-state index in [0.717, 1.165) is 38.5 Å². The van der Waals surface area contributed by atoms with Gasteiger partial charge in [0, 0.05) is 6.42 Å². The summed E-state index contributed by atoms with van der Waals surface area (Å²) in [6, 6.07) is -0.821. The van der Waals surface area contributed by atoms with E-state index in [-0.39, 0.29) is 12.5 Å². The van der Waals surface area contributed by atoms with Crippen molar-refractivity contribution >= 4 is 5.91 Å². The lowest BCUT2D eigenvalue weighted by atomic mass is 10.0. The number of unbranched alkanes of at least 4 members (excludes halogenated alkanes) is 36.